The number of benzene rings is 1. The molecule has 0 aromatic heterocycles. The second kappa shape index (κ2) is 6.69. The first-order valence-electron chi connectivity index (χ1n) is 8.46. The number of carbonyl (C=O) groups is 1. The van der Waals surface area contributed by atoms with Gasteiger partial charge in [0.25, 0.3) is 0 Å². The molecule has 128 valence electrons. The fraction of sp³-hybridized carbons (Fsp3) is 0.474. The molecule has 0 saturated heterocycles. The number of hydrogen-bond acceptors (Lipinski definition) is 4. The summed E-state index contributed by atoms with van der Waals surface area (Å²) in [5.41, 5.74) is 7.13. The van der Waals surface area contributed by atoms with Gasteiger partial charge >= 0.3 is 0 Å². The number of ketones is 1. The number of carbonyl (C=O) groups excluding carboxylic acids is 1. The molecule has 1 heterocycles. The minimum atomic E-state index is -0.958. The van der Waals surface area contributed by atoms with Crippen LogP contribution < -0.4 is 5.73 Å². The first kappa shape index (κ1) is 17.2. The predicted molar refractivity (Wildman–Crippen MR) is 96.3 cm³/mol. The maximum absolute atomic E-state index is 13.0. The lowest BCUT2D eigenvalue weighted by molar-refractivity contribution is -0.137. The van der Waals surface area contributed by atoms with Crippen LogP contribution in [0.2, 0.25) is 5.02 Å². The Hall–Kier alpha value is -1.65. The van der Waals surface area contributed by atoms with Crippen molar-refractivity contribution in [3.8, 4) is 0 Å². The molecular weight excluding hydrogens is 324 g/mol. The molecule has 2 bridgehead atoms. The Bertz CT molecular complexity index is 700. The van der Waals surface area contributed by atoms with E-state index >= 15 is 0 Å². The third-order valence-electron chi connectivity index (χ3n) is 4.91. The van der Waals surface area contributed by atoms with Crippen LogP contribution in [0.3, 0.4) is 0 Å². The molecule has 1 aliphatic carbocycles. The van der Waals surface area contributed by atoms with Crippen LogP contribution in [0.5, 0.6) is 0 Å². The van der Waals surface area contributed by atoms with Crippen LogP contribution in [0.1, 0.15) is 44.6 Å². The highest BCUT2D eigenvalue weighted by Crippen LogP contribution is 2.44. The fourth-order valence-electron chi connectivity index (χ4n) is 3.48. The summed E-state index contributed by atoms with van der Waals surface area (Å²) >= 11 is 6.39. The number of Topliss-reactive ketones (excluding diaryl/α,β-unsaturated/α-hetero) is 1. The Balaban J connectivity index is 2.04. The minimum absolute atomic E-state index is 0.00730. The number of fused-ring (bicyclic) bond motifs is 2. The van der Waals surface area contributed by atoms with Crippen molar-refractivity contribution in [1.29, 1.82) is 0 Å². The Labute approximate surface area is 147 Å². The lowest BCUT2D eigenvalue weighted by Gasteiger charge is -2.42. The van der Waals surface area contributed by atoms with Crippen molar-refractivity contribution in [2.24, 2.45) is 10.7 Å². The van der Waals surface area contributed by atoms with Gasteiger partial charge in [-0.2, -0.15) is 0 Å². The maximum Gasteiger partial charge on any atom is 0.205 e. The van der Waals surface area contributed by atoms with E-state index in [9.17, 15) is 4.79 Å². The number of rotatable bonds is 5. The molecule has 1 aromatic rings. The summed E-state index contributed by atoms with van der Waals surface area (Å²) in [5.74, 6) is 0.445. The van der Waals surface area contributed by atoms with Gasteiger partial charge < -0.3 is 10.5 Å². The van der Waals surface area contributed by atoms with E-state index in [-0.39, 0.29) is 11.8 Å². The normalized spacial score (nSPS) is 27.2. The smallest absolute Gasteiger partial charge is 0.205 e. The number of halogens is 1. The third kappa shape index (κ3) is 2.89. The zero-order valence-electron chi connectivity index (χ0n) is 13.9. The van der Waals surface area contributed by atoms with Gasteiger partial charge in [0.2, 0.25) is 11.7 Å². The summed E-state index contributed by atoms with van der Waals surface area (Å²) < 4.78 is 5.85. The summed E-state index contributed by atoms with van der Waals surface area (Å²) in [4.78, 5) is 17.7. The molecule has 2 N–H and O–H groups in total. The molecule has 3 unspecified atom stereocenters. The highest BCUT2D eigenvalue weighted by Gasteiger charge is 2.52. The van der Waals surface area contributed by atoms with Gasteiger partial charge in [-0.25, -0.2) is 4.99 Å². The second-order valence-electron chi connectivity index (χ2n) is 6.57. The minimum Gasteiger partial charge on any atom is -0.468 e. The highest BCUT2D eigenvalue weighted by molar-refractivity contribution is 6.32. The molecule has 24 heavy (non-hydrogen) atoms. The molecule has 3 rings (SSSR count). The monoisotopic (exact) mass is 346 g/mol. The zero-order chi connectivity index (χ0) is 17.3. The van der Waals surface area contributed by atoms with Gasteiger partial charge in [-0.15, -0.1) is 0 Å². The van der Waals surface area contributed by atoms with Crippen molar-refractivity contribution in [1.82, 2.24) is 0 Å². The highest BCUT2D eigenvalue weighted by atomic mass is 35.5. The van der Waals surface area contributed by atoms with E-state index in [0.29, 0.717) is 30.2 Å². The average molecular weight is 347 g/mol. The van der Waals surface area contributed by atoms with Crippen LogP contribution in [0.25, 0.3) is 0 Å². The molecule has 5 heteroatoms. The topological polar surface area (TPSA) is 64.7 Å². The van der Waals surface area contributed by atoms with E-state index in [1.54, 1.807) is 6.07 Å². The van der Waals surface area contributed by atoms with Crippen molar-refractivity contribution < 1.29 is 9.53 Å². The Morgan fingerprint density at radius 1 is 1.54 bits per heavy atom. The van der Waals surface area contributed by atoms with Gasteiger partial charge in [-0.05, 0) is 38.2 Å². The zero-order valence-corrected chi connectivity index (χ0v) is 14.7. The number of aliphatic imine (C=N–C) groups is 1. The van der Waals surface area contributed by atoms with Crippen LogP contribution in [0.15, 0.2) is 41.4 Å². The number of nitrogens with two attached hydrogens (primary N) is 1. The van der Waals surface area contributed by atoms with Crippen LogP contribution in [0, 0.1) is 0 Å². The van der Waals surface area contributed by atoms with E-state index in [1.807, 2.05) is 25.1 Å². The van der Waals surface area contributed by atoms with Crippen LogP contribution in [-0.2, 0) is 15.1 Å². The summed E-state index contributed by atoms with van der Waals surface area (Å²) in [6.07, 6.45) is 3.19. The SMILES string of the molecule is C=C(CC)CC(N)C1=NC2(c3ccccc3Cl)CCCC(O1)C2=O. The lowest BCUT2D eigenvalue weighted by Crippen LogP contribution is -2.54. The van der Waals surface area contributed by atoms with Gasteiger partial charge in [0.1, 0.15) is 0 Å². The van der Waals surface area contributed by atoms with Gasteiger partial charge in [0, 0.05) is 10.6 Å². The van der Waals surface area contributed by atoms with Gasteiger partial charge in [0.15, 0.2) is 11.6 Å². The number of nitrogens with zero attached hydrogens (tertiary/aromatic N) is 1. The fourth-order valence-corrected chi connectivity index (χ4v) is 3.78. The molecule has 2 aliphatic rings. The first-order valence-corrected chi connectivity index (χ1v) is 8.83. The van der Waals surface area contributed by atoms with Crippen molar-refractivity contribution in [3.63, 3.8) is 0 Å². The molecule has 4 nitrogen and oxygen atoms in total. The summed E-state index contributed by atoms with van der Waals surface area (Å²) in [7, 11) is 0. The Morgan fingerprint density at radius 2 is 2.29 bits per heavy atom. The van der Waals surface area contributed by atoms with E-state index < -0.39 is 11.6 Å². The Morgan fingerprint density at radius 3 is 3.00 bits per heavy atom. The molecule has 1 aliphatic heterocycles. The van der Waals surface area contributed by atoms with Crippen LogP contribution >= 0.6 is 11.6 Å². The molecular formula is C19H23ClN2O2. The molecule has 3 atom stereocenters. The van der Waals surface area contributed by atoms with Gasteiger partial charge in [-0.1, -0.05) is 48.9 Å². The second-order valence-corrected chi connectivity index (χ2v) is 6.97. The summed E-state index contributed by atoms with van der Waals surface area (Å²) in [5, 5.41) is 0.558. The Kier molecular flexibility index (Phi) is 4.79. The van der Waals surface area contributed by atoms with E-state index in [1.165, 1.54) is 0 Å². The van der Waals surface area contributed by atoms with E-state index in [0.717, 1.165) is 24.0 Å². The molecule has 0 amide bonds. The molecule has 0 radical (unpaired) electrons. The molecule has 0 spiro atoms. The summed E-state index contributed by atoms with van der Waals surface area (Å²) in [6, 6.07) is 7.04. The van der Waals surface area contributed by atoms with E-state index in [4.69, 9.17) is 27.1 Å². The third-order valence-corrected chi connectivity index (χ3v) is 5.24. The van der Waals surface area contributed by atoms with Crippen LogP contribution in [0.4, 0.5) is 0 Å². The quantitative estimate of drug-likeness (QED) is 0.825. The summed E-state index contributed by atoms with van der Waals surface area (Å²) in [6.45, 7) is 6.05. The van der Waals surface area contributed by atoms with Crippen LogP contribution in [-0.4, -0.2) is 23.8 Å². The maximum atomic E-state index is 13.0. The van der Waals surface area contributed by atoms with Gasteiger partial charge in [-0.3, -0.25) is 4.79 Å². The molecule has 1 fully saturated rings. The molecule has 1 aromatic carbocycles. The predicted octanol–water partition coefficient (Wildman–Crippen LogP) is 3.77. The molecule has 1 saturated carbocycles. The number of hydrogen-bond donors (Lipinski definition) is 1. The van der Waals surface area contributed by atoms with Crippen molar-refractivity contribution in [2.45, 2.75) is 56.7 Å². The van der Waals surface area contributed by atoms with Crippen molar-refractivity contribution >= 4 is 23.3 Å². The largest absolute Gasteiger partial charge is 0.468 e. The van der Waals surface area contributed by atoms with Crippen molar-refractivity contribution in [2.75, 3.05) is 0 Å². The number of ether oxygens (including phenoxy) is 1. The first-order chi connectivity index (χ1) is 11.5. The lowest BCUT2D eigenvalue weighted by atomic mass is 9.73. The van der Waals surface area contributed by atoms with E-state index in [2.05, 4.69) is 6.58 Å². The van der Waals surface area contributed by atoms with Crippen molar-refractivity contribution in [3.05, 3.63) is 47.0 Å². The standard InChI is InChI=1S/C19H23ClN2O2/c1-3-12(2)11-15(21)18-22-19(13-7-4-5-8-14(13)20)10-6-9-16(24-18)17(19)23/h4-5,7-8,15-16H,2-3,6,9-11,21H2,1H3. The average Bonchev–Trinajstić information content (AvgIpc) is 2.55. The van der Waals surface area contributed by atoms with Gasteiger partial charge in [0.05, 0.1) is 6.04 Å².